The molecule has 1 aliphatic heterocycles. The minimum absolute atomic E-state index is 0.0534. The van der Waals surface area contributed by atoms with E-state index in [4.69, 9.17) is 4.74 Å². The zero-order valence-electron chi connectivity index (χ0n) is 15.6. The Bertz CT molecular complexity index is 792. The van der Waals surface area contributed by atoms with Crippen LogP contribution < -0.4 is 4.74 Å². The van der Waals surface area contributed by atoms with Crippen molar-refractivity contribution in [2.24, 2.45) is 0 Å². The number of methoxy groups -OCH3 is 1. The van der Waals surface area contributed by atoms with Crippen molar-refractivity contribution in [2.45, 2.75) is 20.4 Å². The molecule has 1 saturated heterocycles. The average molecular weight is 372 g/mol. The molecule has 138 valence electrons. The van der Waals surface area contributed by atoms with Crippen molar-refractivity contribution >= 4 is 23.3 Å². The molecule has 0 unspecified atom stereocenters. The SMILES string of the molecule is COc1ccc(C)cc1/C=C/C(=O)N1CCN(Cc2csc(C)n2)CC1. The number of ether oxygens (including phenoxy) is 1. The van der Waals surface area contributed by atoms with Crippen LogP contribution in [0.5, 0.6) is 5.75 Å². The molecule has 1 aliphatic rings. The highest BCUT2D eigenvalue weighted by Gasteiger charge is 2.20. The third-order valence-electron chi connectivity index (χ3n) is 4.53. The summed E-state index contributed by atoms with van der Waals surface area (Å²) in [4.78, 5) is 21.3. The highest BCUT2D eigenvalue weighted by molar-refractivity contribution is 7.09. The Morgan fingerprint density at radius 2 is 2.04 bits per heavy atom. The van der Waals surface area contributed by atoms with Crippen LogP contribution in [-0.2, 0) is 11.3 Å². The zero-order valence-corrected chi connectivity index (χ0v) is 16.4. The Morgan fingerprint density at radius 1 is 1.27 bits per heavy atom. The highest BCUT2D eigenvalue weighted by atomic mass is 32.1. The van der Waals surface area contributed by atoms with E-state index in [-0.39, 0.29) is 5.91 Å². The van der Waals surface area contributed by atoms with Gasteiger partial charge in [-0.25, -0.2) is 4.98 Å². The lowest BCUT2D eigenvalue weighted by molar-refractivity contribution is -0.127. The monoisotopic (exact) mass is 371 g/mol. The second-order valence-electron chi connectivity index (χ2n) is 6.54. The summed E-state index contributed by atoms with van der Waals surface area (Å²) in [6, 6.07) is 5.95. The number of aromatic nitrogens is 1. The fourth-order valence-corrected chi connectivity index (χ4v) is 3.69. The molecule has 0 bridgehead atoms. The fraction of sp³-hybridized carbons (Fsp3) is 0.400. The minimum Gasteiger partial charge on any atom is -0.496 e. The second-order valence-corrected chi connectivity index (χ2v) is 7.60. The van der Waals surface area contributed by atoms with Crippen LogP contribution in [0.3, 0.4) is 0 Å². The summed E-state index contributed by atoms with van der Waals surface area (Å²) >= 11 is 1.69. The van der Waals surface area contributed by atoms with Crippen LogP contribution in [0.1, 0.15) is 21.8 Å². The maximum Gasteiger partial charge on any atom is 0.246 e. The third-order valence-corrected chi connectivity index (χ3v) is 5.35. The van der Waals surface area contributed by atoms with E-state index in [1.54, 1.807) is 24.5 Å². The Morgan fingerprint density at radius 3 is 2.69 bits per heavy atom. The van der Waals surface area contributed by atoms with Gasteiger partial charge < -0.3 is 9.64 Å². The van der Waals surface area contributed by atoms with Crippen molar-refractivity contribution in [3.8, 4) is 5.75 Å². The van der Waals surface area contributed by atoms with Crippen LogP contribution in [0, 0.1) is 13.8 Å². The molecule has 1 amide bonds. The summed E-state index contributed by atoms with van der Waals surface area (Å²) in [7, 11) is 1.65. The lowest BCUT2D eigenvalue weighted by Crippen LogP contribution is -2.47. The molecule has 5 nitrogen and oxygen atoms in total. The minimum atomic E-state index is 0.0534. The Balaban J connectivity index is 1.54. The van der Waals surface area contributed by atoms with Crippen LogP contribution in [-0.4, -0.2) is 54.0 Å². The lowest BCUT2D eigenvalue weighted by atomic mass is 10.1. The number of nitrogens with zero attached hydrogens (tertiary/aromatic N) is 3. The molecule has 0 radical (unpaired) electrons. The number of rotatable bonds is 5. The predicted molar refractivity (Wildman–Crippen MR) is 105 cm³/mol. The maximum absolute atomic E-state index is 12.5. The Labute approximate surface area is 158 Å². The Hall–Kier alpha value is -2.18. The van der Waals surface area contributed by atoms with Crippen molar-refractivity contribution in [3.05, 3.63) is 51.5 Å². The van der Waals surface area contributed by atoms with E-state index in [2.05, 4.69) is 15.3 Å². The molecule has 0 spiro atoms. The molecular weight excluding hydrogens is 346 g/mol. The first-order valence-corrected chi connectivity index (χ1v) is 9.68. The van der Waals surface area contributed by atoms with E-state index in [1.165, 1.54) is 0 Å². The van der Waals surface area contributed by atoms with Crippen LogP contribution in [0.2, 0.25) is 0 Å². The normalized spacial score (nSPS) is 15.6. The van der Waals surface area contributed by atoms with E-state index < -0.39 is 0 Å². The van der Waals surface area contributed by atoms with Gasteiger partial charge >= 0.3 is 0 Å². The molecule has 0 atom stereocenters. The van der Waals surface area contributed by atoms with Crippen LogP contribution in [0.4, 0.5) is 0 Å². The summed E-state index contributed by atoms with van der Waals surface area (Å²) < 4.78 is 5.36. The van der Waals surface area contributed by atoms with Crippen molar-refractivity contribution < 1.29 is 9.53 Å². The van der Waals surface area contributed by atoms with Crippen molar-refractivity contribution in [3.63, 3.8) is 0 Å². The summed E-state index contributed by atoms with van der Waals surface area (Å²) in [5.74, 6) is 0.834. The van der Waals surface area contributed by atoms with Gasteiger partial charge in [0.1, 0.15) is 5.75 Å². The first kappa shape index (κ1) is 18.6. The predicted octanol–water partition coefficient (Wildman–Crippen LogP) is 3.13. The van der Waals surface area contributed by atoms with Gasteiger partial charge in [0.05, 0.1) is 17.8 Å². The lowest BCUT2D eigenvalue weighted by Gasteiger charge is -2.33. The van der Waals surface area contributed by atoms with Gasteiger partial charge in [0.2, 0.25) is 5.91 Å². The van der Waals surface area contributed by atoms with E-state index >= 15 is 0 Å². The smallest absolute Gasteiger partial charge is 0.246 e. The number of piperazine rings is 1. The third kappa shape index (κ3) is 4.71. The van der Waals surface area contributed by atoms with Gasteiger partial charge in [-0.1, -0.05) is 11.6 Å². The van der Waals surface area contributed by atoms with E-state index in [0.29, 0.717) is 0 Å². The van der Waals surface area contributed by atoms with Gasteiger partial charge in [-0.15, -0.1) is 11.3 Å². The zero-order chi connectivity index (χ0) is 18.5. The van der Waals surface area contributed by atoms with Crippen LogP contribution in [0.25, 0.3) is 6.08 Å². The first-order chi connectivity index (χ1) is 12.5. The fourth-order valence-electron chi connectivity index (χ4n) is 3.09. The second kappa shape index (κ2) is 8.47. The highest BCUT2D eigenvalue weighted by Crippen LogP contribution is 2.21. The number of carbonyl (C=O) groups is 1. The number of thiazole rings is 1. The number of benzene rings is 1. The summed E-state index contributed by atoms with van der Waals surface area (Å²) in [6.07, 6.45) is 3.50. The standard InChI is InChI=1S/C20H25N3O2S/c1-15-4-6-19(25-3)17(12-15)5-7-20(24)23-10-8-22(9-11-23)13-18-14-26-16(2)21-18/h4-7,12,14H,8-11,13H2,1-3H3/b7-5+. The molecule has 0 N–H and O–H groups in total. The molecule has 3 rings (SSSR count). The molecule has 26 heavy (non-hydrogen) atoms. The first-order valence-electron chi connectivity index (χ1n) is 8.80. The molecule has 2 aromatic rings. The topological polar surface area (TPSA) is 45.7 Å². The molecule has 6 heteroatoms. The van der Waals surface area contributed by atoms with Crippen LogP contribution in [0.15, 0.2) is 29.7 Å². The number of hydrogen-bond acceptors (Lipinski definition) is 5. The number of hydrogen-bond donors (Lipinski definition) is 0. The molecule has 1 aromatic carbocycles. The molecule has 0 saturated carbocycles. The van der Waals surface area contributed by atoms with Gasteiger partial charge in [-0.2, -0.15) is 0 Å². The van der Waals surface area contributed by atoms with E-state index in [1.807, 2.05) is 43.0 Å². The molecule has 1 aromatic heterocycles. The molecular formula is C20H25N3O2S. The summed E-state index contributed by atoms with van der Waals surface area (Å²) in [6.45, 7) is 8.17. The number of aryl methyl sites for hydroxylation is 2. The van der Waals surface area contributed by atoms with Gasteiger partial charge in [-0.3, -0.25) is 9.69 Å². The van der Waals surface area contributed by atoms with Crippen LogP contribution >= 0.6 is 11.3 Å². The van der Waals surface area contributed by atoms with Gasteiger partial charge in [0.25, 0.3) is 0 Å². The Kier molecular flexibility index (Phi) is 6.06. The van der Waals surface area contributed by atoms with Gasteiger partial charge in [-0.05, 0) is 32.1 Å². The van der Waals surface area contributed by atoms with Crippen molar-refractivity contribution in [1.29, 1.82) is 0 Å². The van der Waals surface area contributed by atoms with Gasteiger partial charge in [0, 0.05) is 49.7 Å². The maximum atomic E-state index is 12.5. The number of amides is 1. The summed E-state index contributed by atoms with van der Waals surface area (Å²) in [5.41, 5.74) is 3.20. The van der Waals surface area contributed by atoms with Crippen molar-refractivity contribution in [2.75, 3.05) is 33.3 Å². The number of carbonyl (C=O) groups excluding carboxylic acids is 1. The van der Waals surface area contributed by atoms with Crippen molar-refractivity contribution in [1.82, 2.24) is 14.8 Å². The van der Waals surface area contributed by atoms with E-state index in [0.717, 1.165) is 60.3 Å². The molecule has 2 heterocycles. The summed E-state index contributed by atoms with van der Waals surface area (Å²) in [5, 5.41) is 3.22. The molecule has 1 fully saturated rings. The van der Waals surface area contributed by atoms with E-state index in [9.17, 15) is 4.79 Å². The molecule has 0 aliphatic carbocycles. The average Bonchev–Trinajstić information content (AvgIpc) is 3.05. The largest absolute Gasteiger partial charge is 0.496 e. The quantitative estimate of drug-likeness (QED) is 0.758. The van der Waals surface area contributed by atoms with Gasteiger partial charge in [0.15, 0.2) is 0 Å².